The Bertz CT molecular complexity index is 193. The largest absolute Gasteiger partial charge is 0.397 e. The molecule has 0 unspecified atom stereocenters. The average Bonchev–Trinajstić information content (AvgIpc) is 2.12. The van der Waals surface area contributed by atoms with Crippen LogP contribution in [-0.2, 0) is 14.6 Å². The summed E-state index contributed by atoms with van der Waals surface area (Å²) in [5, 5.41) is 2.89. The first kappa shape index (κ1) is 7.93. The molecule has 1 atom stereocenters. The lowest BCUT2D eigenvalue weighted by atomic mass is 10.3. The molecule has 0 aliphatic carbocycles. The van der Waals surface area contributed by atoms with E-state index >= 15 is 0 Å². The molecule has 1 rings (SSSR count). The van der Waals surface area contributed by atoms with Crippen LogP contribution in [0.25, 0.3) is 0 Å². The van der Waals surface area contributed by atoms with Gasteiger partial charge in [0.2, 0.25) is 0 Å². The fraction of sp³-hybridized carbons (Fsp3) is 1.00. The van der Waals surface area contributed by atoms with Crippen LogP contribution >= 0.6 is 0 Å². The second-order valence-electron chi connectivity index (χ2n) is 2.14. The van der Waals surface area contributed by atoms with Crippen molar-refractivity contribution >= 4 is 10.4 Å². The molecule has 60 valence electrons. The van der Waals surface area contributed by atoms with Gasteiger partial charge in [-0.3, -0.25) is 4.55 Å². The van der Waals surface area contributed by atoms with Gasteiger partial charge in [-0.2, -0.15) is 8.42 Å². The van der Waals surface area contributed by atoms with Gasteiger partial charge in [-0.05, 0) is 13.0 Å². The zero-order valence-corrected chi connectivity index (χ0v) is 6.10. The summed E-state index contributed by atoms with van der Waals surface area (Å²) in [6.45, 7) is 1.22. The van der Waals surface area contributed by atoms with Gasteiger partial charge >= 0.3 is 10.4 Å². The maximum absolute atomic E-state index is 10.1. The maximum atomic E-state index is 10.1. The lowest BCUT2D eigenvalue weighted by molar-refractivity contribution is 0.198. The Balaban J connectivity index is 2.38. The van der Waals surface area contributed by atoms with Crippen molar-refractivity contribution in [1.82, 2.24) is 5.32 Å². The van der Waals surface area contributed by atoms with Gasteiger partial charge in [-0.1, -0.05) is 0 Å². The van der Waals surface area contributed by atoms with Gasteiger partial charge < -0.3 is 5.32 Å². The molecule has 1 aliphatic rings. The van der Waals surface area contributed by atoms with E-state index in [2.05, 4.69) is 9.50 Å². The zero-order chi connectivity index (χ0) is 7.61. The minimum Gasteiger partial charge on any atom is -0.314 e. The molecule has 0 aromatic carbocycles. The van der Waals surface area contributed by atoms with E-state index in [9.17, 15) is 8.42 Å². The van der Waals surface area contributed by atoms with Crippen LogP contribution in [0.3, 0.4) is 0 Å². The Morgan fingerprint density at radius 1 is 1.60 bits per heavy atom. The van der Waals surface area contributed by atoms with Crippen molar-refractivity contribution in [3.05, 3.63) is 0 Å². The van der Waals surface area contributed by atoms with Gasteiger partial charge in [0, 0.05) is 6.54 Å². The predicted octanol–water partition coefficient (Wildman–Crippen LogP) is -0.832. The van der Waals surface area contributed by atoms with Crippen molar-refractivity contribution < 1.29 is 17.2 Å². The highest BCUT2D eigenvalue weighted by molar-refractivity contribution is 7.80. The summed E-state index contributed by atoms with van der Waals surface area (Å²) in [5.74, 6) is 0. The van der Waals surface area contributed by atoms with E-state index < -0.39 is 16.5 Å². The molecule has 0 aromatic rings. The standard InChI is InChI=1S/C4H9NO4S/c6-10(7,8)9-4-1-2-5-3-4/h4-5H,1-3H2,(H,6,7,8)/t4-/m0/s1. The maximum Gasteiger partial charge on any atom is 0.397 e. The minimum absolute atomic E-state index is 0.394. The van der Waals surface area contributed by atoms with Crippen LogP contribution < -0.4 is 5.32 Å². The summed E-state index contributed by atoms with van der Waals surface area (Å²) in [5.41, 5.74) is 0. The summed E-state index contributed by atoms with van der Waals surface area (Å²) in [4.78, 5) is 0. The molecule has 5 nitrogen and oxygen atoms in total. The minimum atomic E-state index is -4.25. The van der Waals surface area contributed by atoms with E-state index in [4.69, 9.17) is 4.55 Å². The normalized spacial score (nSPS) is 27.1. The highest BCUT2D eigenvalue weighted by Gasteiger charge is 2.20. The molecule has 0 amide bonds. The van der Waals surface area contributed by atoms with Gasteiger partial charge in [0.25, 0.3) is 0 Å². The average molecular weight is 167 g/mol. The van der Waals surface area contributed by atoms with Crippen LogP contribution in [0.5, 0.6) is 0 Å². The second kappa shape index (κ2) is 2.83. The molecular weight excluding hydrogens is 158 g/mol. The van der Waals surface area contributed by atoms with Crippen LogP contribution in [0, 0.1) is 0 Å². The van der Waals surface area contributed by atoms with E-state index in [0.29, 0.717) is 13.0 Å². The first-order valence-corrected chi connectivity index (χ1v) is 4.31. The fourth-order valence-corrected chi connectivity index (χ4v) is 1.39. The van der Waals surface area contributed by atoms with Gasteiger partial charge in [-0.25, -0.2) is 4.18 Å². The number of rotatable bonds is 2. The molecule has 0 saturated carbocycles. The molecule has 1 heterocycles. The van der Waals surface area contributed by atoms with Crippen molar-refractivity contribution in [2.24, 2.45) is 0 Å². The lowest BCUT2D eigenvalue weighted by Crippen LogP contribution is -2.20. The van der Waals surface area contributed by atoms with Crippen molar-refractivity contribution in [1.29, 1.82) is 0 Å². The third-order valence-electron chi connectivity index (χ3n) is 1.27. The summed E-state index contributed by atoms with van der Waals surface area (Å²) in [6, 6.07) is 0. The van der Waals surface area contributed by atoms with Crippen molar-refractivity contribution in [3.63, 3.8) is 0 Å². The first-order chi connectivity index (χ1) is 4.58. The Labute approximate surface area is 59.3 Å². The number of hydrogen-bond donors (Lipinski definition) is 2. The smallest absolute Gasteiger partial charge is 0.314 e. The van der Waals surface area contributed by atoms with Crippen LogP contribution in [0.2, 0.25) is 0 Å². The van der Waals surface area contributed by atoms with Crippen molar-refractivity contribution in [3.8, 4) is 0 Å². The molecule has 0 spiro atoms. The van der Waals surface area contributed by atoms with Gasteiger partial charge in [0.15, 0.2) is 0 Å². The van der Waals surface area contributed by atoms with E-state index in [1.807, 2.05) is 0 Å². The molecule has 0 aromatic heterocycles. The van der Waals surface area contributed by atoms with Crippen LogP contribution in [0.4, 0.5) is 0 Å². The Morgan fingerprint density at radius 3 is 2.70 bits per heavy atom. The third kappa shape index (κ3) is 2.61. The molecule has 10 heavy (non-hydrogen) atoms. The Kier molecular flexibility index (Phi) is 2.24. The number of nitrogens with one attached hydrogen (secondary N) is 1. The zero-order valence-electron chi connectivity index (χ0n) is 5.28. The Hall–Kier alpha value is -0.170. The van der Waals surface area contributed by atoms with Crippen molar-refractivity contribution in [2.75, 3.05) is 13.1 Å². The van der Waals surface area contributed by atoms with Crippen LogP contribution in [0.1, 0.15) is 6.42 Å². The van der Waals surface area contributed by atoms with Crippen molar-refractivity contribution in [2.45, 2.75) is 12.5 Å². The molecule has 1 aliphatic heterocycles. The van der Waals surface area contributed by atoms with Crippen LogP contribution in [0.15, 0.2) is 0 Å². The highest BCUT2D eigenvalue weighted by atomic mass is 32.3. The van der Waals surface area contributed by atoms with E-state index in [-0.39, 0.29) is 0 Å². The quantitative estimate of drug-likeness (QED) is 0.525. The molecule has 2 N–H and O–H groups in total. The summed E-state index contributed by atoms with van der Waals surface area (Å²) in [6.07, 6.45) is 0.231. The molecule has 0 radical (unpaired) electrons. The Morgan fingerprint density at radius 2 is 2.30 bits per heavy atom. The van der Waals surface area contributed by atoms with Crippen LogP contribution in [-0.4, -0.2) is 32.2 Å². The van der Waals surface area contributed by atoms with E-state index in [0.717, 1.165) is 6.54 Å². The third-order valence-corrected chi connectivity index (χ3v) is 1.79. The molecule has 1 fully saturated rings. The predicted molar refractivity (Wildman–Crippen MR) is 33.9 cm³/mol. The fourth-order valence-electron chi connectivity index (χ4n) is 0.882. The second-order valence-corrected chi connectivity index (χ2v) is 3.19. The SMILES string of the molecule is O=S(=O)(O)O[C@H]1CCNC1. The summed E-state index contributed by atoms with van der Waals surface area (Å²) < 4.78 is 32.6. The van der Waals surface area contributed by atoms with Gasteiger partial charge in [-0.15, -0.1) is 0 Å². The van der Waals surface area contributed by atoms with E-state index in [1.54, 1.807) is 0 Å². The molecular formula is C4H9NO4S. The number of hydrogen-bond acceptors (Lipinski definition) is 4. The van der Waals surface area contributed by atoms with Gasteiger partial charge in [0.1, 0.15) is 0 Å². The summed E-state index contributed by atoms with van der Waals surface area (Å²) >= 11 is 0. The molecule has 6 heteroatoms. The first-order valence-electron chi connectivity index (χ1n) is 2.94. The molecule has 0 bridgehead atoms. The van der Waals surface area contributed by atoms with Gasteiger partial charge in [0.05, 0.1) is 6.10 Å². The summed E-state index contributed by atoms with van der Waals surface area (Å²) in [7, 11) is -4.25. The lowest BCUT2D eigenvalue weighted by Gasteiger charge is -2.04. The van der Waals surface area contributed by atoms with E-state index in [1.165, 1.54) is 0 Å². The topological polar surface area (TPSA) is 75.6 Å². The molecule has 1 saturated heterocycles. The highest BCUT2D eigenvalue weighted by Crippen LogP contribution is 2.05. The monoisotopic (exact) mass is 167 g/mol.